The largest absolute Gasteiger partial charge is 0.493 e. The summed E-state index contributed by atoms with van der Waals surface area (Å²) in [5.41, 5.74) is 1.32. The Morgan fingerprint density at radius 1 is 1.13 bits per heavy atom. The number of aliphatic carboxylic acids is 2. The van der Waals surface area contributed by atoms with Crippen LogP contribution < -0.4 is 9.47 Å². The van der Waals surface area contributed by atoms with Gasteiger partial charge in [-0.25, -0.2) is 9.59 Å². The smallest absolute Gasteiger partial charge is 0.414 e. The van der Waals surface area contributed by atoms with Gasteiger partial charge in [0.15, 0.2) is 11.5 Å². The van der Waals surface area contributed by atoms with Crippen molar-refractivity contribution in [3.8, 4) is 11.5 Å². The van der Waals surface area contributed by atoms with E-state index in [1.54, 1.807) is 25.3 Å². The van der Waals surface area contributed by atoms with Crippen molar-refractivity contribution >= 4 is 23.5 Å². The van der Waals surface area contributed by atoms with E-state index in [1.165, 1.54) is 5.56 Å². The van der Waals surface area contributed by atoms with Crippen molar-refractivity contribution in [2.45, 2.75) is 12.6 Å². The fourth-order valence-corrected chi connectivity index (χ4v) is 2.97. The van der Waals surface area contributed by atoms with Gasteiger partial charge in [0.05, 0.1) is 13.7 Å². The zero-order chi connectivity index (χ0) is 21.9. The van der Waals surface area contributed by atoms with Crippen LogP contribution in [0, 0.1) is 0 Å². The molecule has 1 atom stereocenters. The number of carboxylic acid groups (broad SMARTS) is 2. The Labute approximate surface area is 179 Å². The normalized spacial score (nSPS) is 16.1. The van der Waals surface area contributed by atoms with Gasteiger partial charge < -0.3 is 24.4 Å². The van der Waals surface area contributed by atoms with E-state index in [2.05, 4.69) is 29.2 Å². The molecule has 9 heteroatoms. The van der Waals surface area contributed by atoms with E-state index < -0.39 is 11.9 Å². The zero-order valence-corrected chi connectivity index (χ0v) is 17.2. The Morgan fingerprint density at radius 3 is 2.47 bits per heavy atom. The van der Waals surface area contributed by atoms with Gasteiger partial charge in [-0.2, -0.15) is 0 Å². The average molecular weight is 438 g/mol. The lowest BCUT2D eigenvalue weighted by Gasteiger charge is -2.32. The minimum absolute atomic E-state index is 0.0335. The first-order valence-electron chi connectivity index (χ1n) is 9.19. The van der Waals surface area contributed by atoms with Crippen molar-refractivity contribution in [1.82, 2.24) is 4.90 Å². The topological polar surface area (TPSA) is 106 Å². The molecule has 0 aromatic heterocycles. The predicted molar refractivity (Wildman–Crippen MR) is 110 cm³/mol. The second-order valence-electron chi connectivity index (χ2n) is 6.43. The molecule has 0 bridgehead atoms. The lowest BCUT2D eigenvalue weighted by Crippen LogP contribution is -2.44. The first-order valence-corrected chi connectivity index (χ1v) is 9.57. The molecule has 1 aliphatic heterocycles. The summed E-state index contributed by atoms with van der Waals surface area (Å²) in [6, 6.07) is 15.8. The second-order valence-corrected chi connectivity index (χ2v) is 6.87. The van der Waals surface area contributed by atoms with Gasteiger partial charge in [0.2, 0.25) is 0 Å². The molecule has 1 aliphatic rings. The molecule has 8 nitrogen and oxygen atoms in total. The highest BCUT2D eigenvalue weighted by molar-refractivity contribution is 6.30. The van der Waals surface area contributed by atoms with Crippen LogP contribution in [0.25, 0.3) is 0 Å². The SMILES string of the molecule is COc1ccc(Cl)cc1OCC1CN(Cc2ccccc2)CCO1.O=C(O)C(=O)O. The summed E-state index contributed by atoms with van der Waals surface area (Å²) in [7, 11) is 1.62. The molecule has 2 aromatic carbocycles. The molecule has 0 saturated carbocycles. The molecule has 1 saturated heterocycles. The van der Waals surface area contributed by atoms with E-state index in [1.807, 2.05) is 6.07 Å². The van der Waals surface area contributed by atoms with Crippen molar-refractivity contribution in [2.75, 3.05) is 33.4 Å². The summed E-state index contributed by atoms with van der Waals surface area (Å²) in [4.78, 5) is 20.6. The number of morpholine rings is 1. The third kappa shape index (κ3) is 7.90. The molecule has 1 fully saturated rings. The fourth-order valence-electron chi connectivity index (χ4n) is 2.81. The minimum Gasteiger partial charge on any atom is -0.493 e. The van der Waals surface area contributed by atoms with Crippen LogP contribution in [0.3, 0.4) is 0 Å². The van der Waals surface area contributed by atoms with Gasteiger partial charge in [0.25, 0.3) is 0 Å². The first-order chi connectivity index (χ1) is 14.4. The van der Waals surface area contributed by atoms with Crippen LogP contribution in [0.5, 0.6) is 11.5 Å². The molecule has 0 aliphatic carbocycles. The molecule has 2 aromatic rings. The second kappa shape index (κ2) is 12.0. The van der Waals surface area contributed by atoms with E-state index in [4.69, 9.17) is 45.6 Å². The zero-order valence-electron chi connectivity index (χ0n) is 16.5. The molecule has 1 heterocycles. The van der Waals surface area contributed by atoms with Crippen LogP contribution in [-0.4, -0.2) is 66.6 Å². The van der Waals surface area contributed by atoms with Gasteiger partial charge in [0, 0.05) is 30.7 Å². The van der Waals surface area contributed by atoms with Crippen molar-refractivity contribution in [1.29, 1.82) is 0 Å². The molecular weight excluding hydrogens is 414 g/mol. The molecule has 2 N–H and O–H groups in total. The molecule has 30 heavy (non-hydrogen) atoms. The van der Waals surface area contributed by atoms with Crippen LogP contribution >= 0.6 is 11.6 Å². The van der Waals surface area contributed by atoms with Crippen molar-refractivity contribution < 1.29 is 34.0 Å². The maximum Gasteiger partial charge on any atom is 0.414 e. The van der Waals surface area contributed by atoms with E-state index >= 15 is 0 Å². The standard InChI is InChI=1S/C19H22ClNO3.C2H2O4/c1-22-18-8-7-16(20)11-19(18)24-14-17-13-21(9-10-23-17)12-15-5-3-2-4-6-15;3-1(4)2(5)6/h2-8,11,17H,9-10,12-14H2,1H3;(H,3,4)(H,5,6). The number of nitrogens with zero attached hydrogens (tertiary/aromatic N) is 1. The molecular formula is C21H24ClNO7. The van der Waals surface area contributed by atoms with Gasteiger partial charge in [-0.15, -0.1) is 0 Å². The Balaban J connectivity index is 0.000000469. The number of carboxylic acids is 2. The average Bonchev–Trinajstić information content (AvgIpc) is 2.74. The third-order valence-corrected chi connectivity index (χ3v) is 4.44. The molecule has 0 spiro atoms. The Hall–Kier alpha value is -2.81. The van der Waals surface area contributed by atoms with Crippen molar-refractivity contribution in [2.24, 2.45) is 0 Å². The Kier molecular flexibility index (Phi) is 9.40. The number of hydrogen-bond acceptors (Lipinski definition) is 6. The van der Waals surface area contributed by atoms with Crippen LogP contribution in [0.2, 0.25) is 5.02 Å². The number of ether oxygens (including phenoxy) is 3. The maximum atomic E-state index is 9.10. The number of methoxy groups -OCH3 is 1. The Bertz CT molecular complexity index is 819. The summed E-state index contributed by atoms with van der Waals surface area (Å²) < 4.78 is 17.0. The number of benzene rings is 2. The van der Waals surface area contributed by atoms with Gasteiger partial charge in [0.1, 0.15) is 12.7 Å². The van der Waals surface area contributed by atoms with Crippen LogP contribution in [-0.2, 0) is 20.9 Å². The van der Waals surface area contributed by atoms with E-state index in [9.17, 15) is 0 Å². The van der Waals surface area contributed by atoms with E-state index in [-0.39, 0.29) is 6.10 Å². The number of carbonyl (C=O) groups is 2. The molecule has 162 valence electrons. The van der Waals surface area contributed by atoms with Crippen molar-refractivity contribution in [3.63, 3.8) is 0 Å². The van der Waals surface area contributed by atoms with Gasteiger partial charge in [-0.05, 0) is 17.7 Å². The lowest BCUT2D eigenvalue weighted by molar-refractivity contribution is -0.159. The van der Waals surface area contributed by atoms with E-state index in [0.717, 1.165) is 19.6 Å². The van der Waals surface area contributed by atoms with Crippen LogP contribution in [0.1, 0.15) is 5.56 Å². The molecule has 3 rings (SSSR count). The van der Waals surface area contributed by atoms with Gasteiger partial charge >= 0.3 is 11.9 Å². The predicted octanol–water partition coefficient (Wildman–Crippen LogP) is 2.78. The highest BCUT2D eigenvalue weighted by atomic mass is 35.5. The van der Waals surface area contributed by atoms with Gasteiger partial charge in [-0.1, -0.05) is 41.9 Å². The molecule has 1 unspecified atom stereocenters. The molecule has 0 radical (unpaired) electrons. The number of halogens is 1. The van der Waals surface area contributed by atoms with Crippen LogP contribution in [0.4, 0.5) is 0 Å². The maximum absolute atomic E-state index is 9.10. The summed E-state index contributed by atoms with van der Waals surface area (Å²) in [5.74, 6) is -2.32. The van der Waals surface area contributed by atoms with E-state index in [0.29, 0.717) is 29.7 Å². The fraction of sp³-hybridized carbons (Fsp3) is 0.333. The lowest BCUT2D eigenvalue weighted by atomic mass is 10.2. The summed E-state index contributed by atoms with van der Waals surface area (Å²) >= 11 is 6.03. The monoisotopic (exact) mass is 437 g/mol. The van der Waals surface area contributed by atoms with Crippen molar-refractivity contribution in [3.05, 3.63) is 59.1 Å². The highest BCUT2D eigenvalue weighted by Gasteiger charge is 2.21. The molecule has 0 amide bonds. The Morgan fingerprint density at radius 2 is 1.83 bits per heavy atom. The highest BCUT2D eigenvalue weighted by Crippen LogP contribution is 2.30. The first kappa shape index (κ1) is 23.5. The van der Waals surface area contributed by atoms with Gasteiger partial charge in [-0.3, -0.25) is 4.90 Å². The summed E-state index contributed by atoms with van der Waals surface area (Å²) in [5, 5.41) is 15.4. The van der Waals surface area contributed by atoms with Crippen LogP contribution in [0.15, 0.2) is 48.5 Å². The third-order valence-electron chi connectivity index (χ3n) is 4.21. The number of hydrogen-bond donors (Lipinski definition) is 2. The number of rotatable bonds is 6. The quantitative estimate of drug-likeness (QED) is 0.664. The summed E-state index contributed by atoms with van der Waals surface area (Å²) in [6.45, 7) is 3.90. The summed E-state index contributed by atoms with van der Waals surface area (Å²) in [6.07, 6.45) is 0.0335. The minimum atomic E-state index is -1.82.